The summed E-state index contributed by atoms with van der Waals surface area (Å²) in [6.45, 7) is 0. The Hall–Kier alpha value is -7.16. The van der Waals surface area contributed by atoms with E-state index in [1.54, 1.807) is 0 Å². The summed E-state index contributed by atoms with van der Waals surface area (Å²) in [6.07, 6.45) is 0. The summed E-state index contributed by atoms with van der Waals surface area (Å²) >= 11 is 0. The Morgan fingerprint density at radius 1 is 0.273 bits per heavy atom. The molecule has 0 fully saturated rings. The minimum absolute atomic E-state index is 0.367. The van der Waals surface area contributed by atoms with Crippen molar-refractivity contribution in [2.45, 2.75) is 5.41 Å². The number of hydrogen-bond acceptors (Lipinski definition) is 2. The highest BCUT2D eigenvalue weighted by Gasteiger charge is 2.51. The maximum atomic E-state index is 5.12. The van der Waals surface area contributed by atoms with Gasteiger partial charge < -0.3 is 0 Å². The highest BCUT2D eigenvalue weighted by molar-refractivity contribution is 6.00. The molecule has 0 bridgehead atoms. The van der Waals surface area contributed by atoms with Crippen LogP contribution in [0.5, 0.6) is 0 Å². The smallest absolute Gasteiger partial charge is 0.160 e. The fourth-order valence-corrected chi connectivity index (χ4v) is 9.18. The van der Waals surface area contributed by atoms with E-state index in [0.717, 1.165) is 39.2 Å². The molecule has 2 nitrogen and oxygen atoms in total. The van der Waals surface area contributed by atoms with Gasteiger partial charge in [0.15, 0.2) is 5.82 Å². The lowest BCUT2D eigenvalue weighted by atomic mass is 9.70. The maximum Gasteiger partial charge on any atom is 0.160 e. The third kappa shape index (κ3) is 4.82. The Morgan fingerprint density at radius 3 is 1.27 bits per heavy atom. The van der Waals surface area contributed by atoms with Crippen LogP contribution in [0.3, 0.4) is 0 Å². The molecule has 0 amide bonds. The van der Waals surface area contributed by atoms with Gasteiger partial charge in [-0.1, -0.05) is 188 Å². The Bertz CT molecular complexity index is 2820. The van der Waals surface area contributed by atoms with Crippen LogP contribution >= 0.6 is 0 Å². The van der Waals surface area contributed by atoms with Crippen LogP contribution in [0.4, 0.5) is 0 Å². The first-order chi connectivity index (χ1) is 27.3. The molecular weight excluding hydrogens is 665 g/mol. The molecule has 0 saturated carbocycles. The first-order valence-corrected chi connectivity index (χ1v) is 18.9. The molecule has 0 atom stereocenters. The van der Waals surface area contributed by atoms with Crippen LogP contribution in [0, 0.1) is 0 Å². The van der Waals surface area contributed by atoms with Crippen molar-refractivity contribution in [2.24, 2.45) is 0 Å². The summed E-state index contributed by atoms with van der Waals surface area (Å²) in [5.74, 6) is 0.707. The molecule has 0 radical (unpaired) electrons. The Labute approximate surface area is 321 Å². The van der Waals surface area contributed by atoms with Crippen molar-refractivity contribution in [3.63, 3.8) is 0 Å². The summed E-state index contributed by atoms with van der Waals surface area (Å²) in [4.78, 5) is 10.2. The van der Waals surface area contributed by atoms with Gasteiger partial charge in [0.25, 0.3) is 0 Å². The summed E-state index contributed by atoms with van der Waals surface area (Å²) in [5.41, 5.74) is 19.9. The molecule has 1 aromatic heterocycles. The summed E-state index contributed by atoms with van der Waals surface area (Å²) in [7, 11) is 0. The molecule has 2 heteroatoms. The van der Waals surface area contributed by atoms with E-state index in [9.17, 15) is 0 Å². The fourth-order valence-electron chi connectivity index (χ4n) is 9.18. The van der Waals surface area contributed by atoms with Crippen molar-refractivity contribution in [3.8, 4) is 78.4 Å². The summed E-state index contributed by atoms with van der Waals surface area (Å²) < 4.78 is 0. The first-order valence-electron chi connectivity index (χ1n) is 18.9. The zero-order valence-electron chi connectivity index (χ0n) is 30.0. The van der Waals surface area contributed by atoms with Gasteiger partial charge in [-0.3, -0.25) is 0 Å². The molecule has 11 rings (SSSR count). The van der Waals surface area contributed by atoms with Gasteiger partial charge in [0.05, 0.1) is 16.8 Å². The Balaban J connectivity index is 1.05. The molecule has 1 spiro atoms. The van der Waals surface area contributed by atoms with Crippen LogP contribution in [0.25, 0.3) is 78.4 Å². The van der Waals surface area contributed by atoms with Crippen LogP contribution in [-0.4, -0.2) is 9.97 Å². The molecule has 55 heavy (non-hydrogen) atoms. The highest BCUT2D eigenvalue weighted by atomic mass is 14.9. The lowest BCUT2D eigenvalue weighted by Gasteiger charge is -2.30. The quantitative estimate of drug-likeness (QED) is 0.179. The third-order valence-corrected chi connectivity index (χ3v) is 11.5. The van der Waals surface area contributed by atoms with Gasteiger partial charge in [0, 0.05) is 16.7 Å². The molecule has 8 aromatic carbocycles. The number of hydrogen-bond donors (Lipinski definition) is 0. The second-order valence-corrected chi connectivity index (χ2v) is 14.5. The number of benzene rings is 8. The molecule has 1 heterocycles. The van der Waals surface area contributed by atoms with Gasteiger partial charge in [-0.25, -0.2) is 9.97 Å². The molecule has 0 aliphatic heterocycles. The largest absolute Gasteiger partial charge is 0.228 e. The Kier molecular flexibility index (Phi) is 7.11. The summed E-state index contributed by atoms with van der Waals surface area (Å²) in [5, 5.41) is 0. The number of fused-ring (bicyclic) bond motifs is 10. The average Bonchev–Trinajstić information content (AvgIpc) is 3.75. The minimum atomic E-state index is -0.367. The van der Waals surface area contributed by atoms with Crippen molar-refractivity contribution < 1.29 is 0 Å². The van der Waals surface area contributed by atoms with Crippen molar-refractivity contribution in [2.75, 3.05) is 0 Å². The SMILES string of the molecule is c1ccc(-c2cc(-c3ccccc3)nc(-c3cccc(-c4cccc(-c5cccc6c5-c5ccccc5C65c6ccccc6-c6ccccc65)c4)c3)n2)cc1. The van der Waals surface area contributed by atoms with E-state index in [1.165, 1.54) is 55.6 Å². The van der Waals surface area contributed by atoms with E-state index in [4.69, 9.17) is 9.97 Å². The molecule has 9 aromatic rings. The average molecular weight is 699 g/mol. The molecule has 0 saturated heterocycles. The normalized spacial score (nSPS) is 12.9. The van der Waals surface area contributed by atoms with Crippen molar-refractivity contribution in [1.29, 1.82) is 0 Å². The maximum absolute atomic E-state index is 5.12. The lowest BCUT2D eigenvalue weighted by Crippen LogP contribution is -2.25. The van der Waals surface area contributed by atoms with E-state index >= 15 is 0 Å². The molecule has 0 N–H and O–H groups in total. The standard InChI is InChI=1S/C53H34N2/c1-3-16-35(17-4-1)49-34-50(36-18-5-2-6-19-36)55-52(54-49)40-23-14-21-38(33-40)37-20-13-22-39(32-37)41-27-15-31-48-51(41)44-26-9-12-30-47(44)53(48)45-28-10-7-24-42(45)43-25-8-11-29-46(43)53/h1-34H. The number of aromatic nitrogens is 2. The van der Waals surface area contributed by atoms with Crippen molar-refractivity contribution in [3.05, 3.63) is 229 Å². The zero-order chi connectivity index (χ0) is 36.3. The van der Waals surface area contributed by atoms with Crippen molar-refractivity contribution in [1.82, 2.24) is 9.97 Å². The molecule has 2 aliphatic rings. The predicted molar refractivity (Wildman–Crippen MR) is 226 cm³/mol. The highest BCUT2D eigenvalue weighted by Crippen LogP contribution is 2.63. The van der Waals surface area contributed by atoms with E-state index < -0.39 is 0 Å². The second-order valence-electron chi connectivity index (χ2n) is 14.5. The molecule has 2 aliphatic carbocycles. The fraction of sp³-hybridized carbons (Fsp3) is 0.0189. The molecular formula is C53H34N2. The number of rotatable bonds is 5. The predicted octanol–water partition coefficient (Wildman–Crippen LogP) is 13.2. The third-order valence-electron chi connectivity index (χ3n) is 11.5. The second kappa shape index (κ2) is 12.5. The van der Waals surface area contributed by atoms with Gasteiger partial charge in [-0.05, 0) is 85.0 Å². The number of nitrogens with zero attached hydrogens (tertiary/aromatic N) is 2. The van der Waals surface area contributed by atoms with Gasteiger partial charge in [-0.15, -0.1) is 0 Å². The van der Waals surface area contributed by atoms with Gasteiger partial charge >= 0.3 is 0 Å². The van der Waals surface area contributed by atoms with Crippen LogP contribution in [0.1, 0.15) is 22.3 Å². The van der Waals surface area contributed by atoms with E-state index in [-0.39, 0.29) is 5.41 Å². The van der Waals surface area contributed by atoms with Gasteiger partial charge in [0.1, 0.15) is 0 Å². The van der Waals surface area contributed by atoms with Crippen molar-refractivity contribution >= 4 is 0 Å². The van der Waals surface area contributed by atoms with Crippen LogP contribution < -0.4 is 0 Å². The van der Waals surface area contributed by atoms with E-state index in [1.807, 2.05) is 12.1 Å². The van der Waals surface area contributed by atoms with Gasteiger partial charge in [-0.2, -0.15) is 0 Å². The summed E-state index contributed by atoms with van der Waals surface area (Å²) in [6, 6.07) is 74.4. The zero-order valence-corrected chi connectivity index (χ0v) is 30.0. The Morgan fingerprint density at radius 2 is 0.673 bits per heavy atom. The lowest BCUT2D eigenvalue weighted by molar-refractivity contribution is 0.794. The van der Waals surface area contributed by atoms with Gasteiger partial charge in [0.2, 0.25) is 0 Å². The van der Waals surface area contributed by atoms with Crippen LogP contribution in [0.15, 0.2) is 206 Å². The van der Waals surface area contributed by atoms with Crippen LogP contribution in [0.2, 0.25) is 0 Å². The first kappa shape index (κ1) is 31.4. The van der Waals surface area contributed by atoms with Crippen LogP contribution in [-0.2, 0) is 5.41 Å². The molecule has 256 valence electrons. The molecule has 0 unspecified atom stereocenters. The monoisotopic (exact) mass is 698 g/mol. The topological polar surface area (TPSA) is 25.8 Å². The van der Waals surface area contributed by atoms with E-state index in [0.29, 0.717) is 5.82 Å². The van der Waals surface area contributed by atoms with E-state index in [2.05, 4.69) is 194 Å². The minimum Gasteiger partial charge on any atom is -0.228 e.